The second-order valence-electron chi connectivity index (χ2n) is 7.46. The van der Waals surface area contributed by atoms with Crippen molar-refractivity contribution in [3.8, 4) is 11.5 Å². The average Bonchev–Trinajstić information content (AvgIpc) is 3.13. The molecule has 0 saturated carbocycles. The summed E-state index contributed by atoms with van der Waals surface area (Å²) in [6.45, 7) is 6.16. The summed E-state index contributed by atoms with van der Waals surface area (Å²) in [6.07, 6.45) is 0. The molecule has 1 aromatic heterocycles. The van der Waals surface area contributed by atoms with Gasteiger partial charge in [0.1, 0.15) is 5.52 Å². The lowest BCUT2D eigenvalue weighted by Crippen LogP contribution is -2.13. The first kappa shape index (κ1) is 20.5. The number of nitrogens with zero attached hydrogens (tertiary/aromatic N) is 1. The Bertz CT molecular complexity index is 1240. The molecule has 0 radical (unpaired) electrons. The zero-order valence-corrected chi connectivity index (χ0v) is 18.3. The number of nitrogens with one attached hydrogen (secondary N) is 1. The quantitative estimate of drug-likeness (QED) is 0.359. The van der Waals surface area contributed by atoms with Crippen LogP contribution in [0.3, 0.4) is 0 Å². The van der Waals surface area contributed by atoms with Crippen LogP contribution in [0.15, 0.2) is 59.0 Å². The van der Waals surface area contributed by atoms with Crippen molar-refractivity contribution in [2.24, 2.45) is 0 Å². The van der Waals surface area contributed by atoms with E-state index in [1.54, 1.807) is 12.1 Å². The first-order valence-corrected chi connectivity index (χ1v) is 10.4. The molecule has 0 aliphatic carbocycles. The van der Waals surface area contributed by atoms with Gasteiger partial charge in [-0.2, -0.15) is 0 Å². The Morgan fingerprint density at radius 2 is 1.80 bits per heavy atom. The van der Waals surface area contributed by atoms with Crippen LogP contribution < -0.4 is 5.32 Å². The van der Waals surface area contributed by atoms with E-state index in [4.69, 9.17) is 27.6 Å². The molecule has 0 spiro atoms. The molecule has 0 fully saturated rings. The van der Waals surface area contributed by atoms with Gasteiger partial charge in [0, 0.05) is 21.8 Å². The summed E-state index contributed by atoms with van der Waals surface area (Å²) >= 11 is 12.3. The number of oxazole rings is 1. The third-order valence-electron chi connectivity index (χ3n) is 5.06. The molecule has 3 aromatic carbocycles. The molecule has 152 valence electrons. The maximum atomic E-state index is 12.7. The maximum absolute atomic E-state index is 12.7. The van der Waals surface area contributed by atoms with Crippen molar-refractivity contribution in [3.05, 3.63) is 81.3 Å². The third kappa shape index (κ3) is 3.93. The molecule has 4 aromatic rings. The summed E-state index contributed by atoms with van der Waals surface area (Å²) in [5, 5.41) is 3.88. The van der Waals surface area contributed by atoms with Crippen LogP contribution in [0.1, 0.15) is 41.3 Å². The molecule has 1 heterocycles. The minimum absolute atomic E-state index is 0.169. The van der Waals surface area contributed by atoms with Gasteiger partial charge in [0.25, 0.3) is 5.91 Å². The van der Waals surface area contributed by atoms with E-state index >= 15 is 0 Å². The van der Waals surface area contributed by atoms with Crippen molar-refractivity contribution >= 4 is 45.9 Å². The summed E-state index contributed by atoms with van der Waals surface area (Å²) in [6, 6.07) is 16.6. The summed E-state index contributed by atoms with van der Waals surface area (Å²) in [4.78, 5) is 17.3. The molecule has 1 amide bonds. The highest BCUT2D eigenvalue weighted by Crippen LogP contribution is 2.34. The Kier molecular flexibility index (Phi) is 5.54. The van der Waals surface area contributed by atoms with Crippen molar-refractivity contribution in [1.29, 1.82) is 0 Å². The number of amides is 1. The normalized spacial score (nSPS) is 11.3. The van der Waals surface area contributed by atoms with Gasteiger partial charge in [0.15, 0.2) is 5.58 Å². The van der Waals surface area contributed by atoms with Crippen LogP contribution in [0.2, 0.25) is 10.0 Å². The van der Waals surface area contributed by atoms with E-state index in [1.807, 2.05) is 49.4 Å². The first-order chi connectivity index (χ1) is 14.3. The molecular weight excluding hydrogens is 419 g/mol. The summed E-state index contributed by atoms with van der Waals surface area (Å²) in [7, 11) is 0. The number of hydrogen-bond acceptors (Lipinski definition) is 3. The van der Waals surface area contributed by atoms with E-state index in [0.29, 0.717) is 44.2 Å². The van der Waals surface area contributed by atoms with Crippen molar-refractivity contribution < 1.29 is 9.21 Å². The maximum Gasteiger partial charge on any atom is 0.255 e. The number of carbonyl (C=O) groups is 1. The molecule has 1 N–H and O–H groups in total. The lowest BCUT2D eigenvalue weighted by Gasteiger charge is -2.12. The van der Waals surface area contributed by atoms with Crippen molar-refractivity contribution in [2.75, 3.05) is 5.32 Å². The van der Waals surface area contributed by atoms with E-state index < -0.39 is 0 Å². The first-order valence-electron chi connectivity index (χ1n) is 9.60. The van der Waals surface area contributed by atoms with Crippen LogP contribution in [0.25, 0.3) is 22.6 Å². The Balaban J connectivity index is 1.65. The highest BCUT2D eigenvalue weighted by molar-refractivity contribution is 6.38. The highest BCUT2D eigenvalue weighted by Gasteiger charge is 2.16. The topological polar surface area (TPSA) is 55.1 Å². The van der Waals surface area contributed by atoms with Crippen molar-refractivity contribution in [2.45, 2.75) is 26.7 Å². The fourth-order valence-corrected chi connectivity index (χ4v) is 3.81. The fourth-order valence-electron chi connectivity index (χ4n) is 3.29. The molecule has 30 heavy (non-hydrogen) atoms. The number of benzene rings is 3. The molecule has 4 nitrogen and oxygen atoms in total. The van der Waals surface area contributed by atoms with Crippen LogP contribution in [-0.4, -0.2) is 10.9 Å². The van der Waals surface area contributed by atoms with Gasteiger partial charge in [-0.25, -0.2) is 4.98 Å². The lowest BCUT2D eigenvalue weighted by atomic mass is 10.0. The van der Waals surface area contributed by atoms with Gasteiger partial charge in [0.05, 0.1) is 5.02 Å². The van der Waals surface area contributed by atoms with Gasteiger partial charge in [-0.3, -0.25) is 4.79 Å². The Morgan fingerprint density at radius 3 is 2.50 bits per heavy atom. The molecular formula is C24H20Cl2N2O2. The molecule has 0 saturated heterocycles. The van der Waals surface area contributed by atoms with Gasteiger partial charge in [-0.15, -0.1) is 0 Å². The predicted octanol–water partition coefficient (Wildman–Crippen LogP) is 7.49. The molecule has 4 rings (SSSR count). The number of anilines is 1. The molecule has 6 heteroatoms. The second-order valence-corrected chi connectivity index (χ2v) is 8.31. The van der Waals surface area contributed by atoms with Crippen molar-refractivity contribution in [1.82, 2.24) is 4.98 Å². The number of rotatable bonds is 4. The number of hydrogen-bond donors (Lipinski definition) is 1. The Labute approximate surface area is 184 Å². The average molecular weight is 439 g/mol. The molecule has 0 atom stereocenters. The minimum atomic E-state index is -0.169. The summed E-state index contributed by atoms with van der Waals surface area (Å²) in [5.74, 6) is 0.669. The van der Waals surface area contributed by atoms with Gasteiger partial charge in [-0.05, 0) is 60.4 Å². The standard InChI is InChI=1S/C24H20Cl2N2O2/c1-13(2)15-7-9-16(10-8-15)23(29)27-20-6-4-5-18(14(20)3)24-28-21-12-17(25)11-19(26)22(21)30-24/h4-13H,1-3H3,(H,27,29). The highest BCUT2D eigenvalue weighted by atomic mass is 35.5. The SMILES string of the molecule is Cc1c(NC(=O)c2ccc(C(C)C)cc2)cccc1-c1nc2cc(Cl)cc(Cl)c2o1. The minimum Gasteiger partial charge on any atom is -0.434 e. The zero-order valence-electron chi connectivity index (χ0n) is 16.8. The smallest absolute Gasteiger partial charge is 0.255 e. The molecule has 0 aliphatic heterocycles. The van der Waals surface area contributed by atoms with E-state index in [0.717, 1.165) is 11.1 Å². The van der Waals surface area contributed by atoms with Crippen molar-refractivity contribution in [3.63, 3.8) is 0 Å². The van der Waals surface area contributed by atoms with E-state index in [9.17, 15) is 4.79 Å². The van der Waals surface area contributed by atoms with Gasteiger partial charge in [0.2, 0.25) is 5.89 Å². The number of carbonyl (C=O) groups excluding carboxylic acids is 1. The number of fused-ring (bicyclic) bond motifs is 1. The van der Waals surface area contributed by atoms with Crippen LogP contribution >= 0.6 is 23.2 Å². The lowest BCUT2D eigenvalue weighted by molar-refractivity contribution is 0.102. The van der Waals surface area contributed by atoms with Gasteiger partial charge in [-0.1, -0.05) is 55.2 Å². The molecule has 0 bridgehead atoms. The number of halogens is 2. The van der Waals surface area contributed by atoms with Gasteiger partial charge >= 0.3 is 0 Å². The summed E-state index contributed by atoms with van der Waals surface area (Å²) in [5.41, 5.74) is 5.17. The van der Waals surface area contributed by atoms with Crippen LogP contribution in [-0.2, 0) is 0 Å². The Morgan fingerprint density at radius 1 is 1.07 bits per heavy atom. The van der Waals surface area contributed by atoms with E-state index in [2.05, 4.69) is 24.1 Å². The fraction of sp³-hybridized carbons (Fsp3) is 0.167. The van der Waals surface area contributed by atoms with Gasteiger partial charge < -0.3 is 9.73 Å². The Hall–Kier alpha value is -2.82. The predicted molar refractivity (Wildman–Crippen MR) is 123 cm³/mol. The molecule has 0 aliphatic rings. The molecule has 0 unspecified atom stereocenters. The van der Waals surface area contributed by atoms with Crippen LogP contribution in [0, 0.1) is 6.92 Å². The van der Waals surface area contributed by atoms with E-state index in [1.165, 1.54) is 5.56 Å². The third-order valence-corrected chi connectivity index (χ3v) is 5.56. The van der Waals surface area contributed by atoms with Crippen LogP contribution in [0.5, 0.6) is 0 Å². The van der Waals surface area contributed by atoms with E-state index in [-0.39, 0.29) is 5.91 Å². The monoisotopic (exact) mass is 438 g/mol. The van der Waals surface area contributed by atoms with Crippen LogP contribution in [0.4, 0.5) is 5.69 Å². The summed E-state index contributed by atoms with van der Waals surface area (Å²) < 4.78 is 5.89. The number of aromatic nitrogens is 1. The zero-order chi connectivity index (χ0) is 21.4. The second kappa shape index (κ2) is 8.13. The largest absolute Gasteiger partial charge is 0.434 e.